The van der Waals surface area contributed by atoms with Crippen molar-refractivity contribution in [3.63, 3.8) is 0 Å². The molecule has 0 aliphatic carbocycles. The summed E-state index contributed by atoms with van der Waals surface area (Å²) >= 11 is 0.806. The molecular formula is C22H25FN8O12P2S. The van der Waals surface area contributed by atoms with E-state index < -0.39 is 89.9 Å². The first-order valence-electron chi connectivity index (χ1n) is 13.5. The van der Waals surface area contributed by atoms with Crippen LogP contribution >= 0.6 is 27.2 Å². The van der Waals surface area contributed by atoms with E-state index in [2.05, 4.69) is 29.3 Å². The van der Waals surface area contributed by atoms with E-state index in [4.69, 9.17) is 33.3 Å². The molecule has 0 spiro atoms. The first-order valence-corrected chi connectivity index (χ1v) is 17.3. The second-order valence-corrected chi connectivity index (χ2v) is 14.2. The van der Waals surface area contributed by atoms with Gasteiger partial charge in [-0.1, -0.05) is 0 Å². The normalized spacial score (nSPS) is 37.2. The number of aromatic amines is 1. The van der Waals surface area contributed by atoms with Crippen LogP contribution in [0.25, 0.3) is 22.2 Å². The third kappa shape index (κ3) is 5.57. The lowest BCUT2D eigenvalue weighted by molar-refractivity contribution is -0.0547. The number of halogens is 1. The molecule has 3 fully saturated rings. The Kier molecular flexibility index (Phi) is 8.06. The minimum Gasteiger partial charge on any atom is -0.396 e. The fraction of sp³-hybridized carbons (Fsp3) is 0.545. The molecule has 0 aromatic carbocycles. The predicted molar refractivity (Wildman–Crippen MR) is 151 cm³/mol. The van der Waals surface area contributed by atoms with Gasteiger partial charge in [-0.05, 0) is 18.5 Å². The number of hydrogen-bond acceptors (Lipinski definition) is 17. The summed E-state index contributed by atoms with van der Waals surface area (Å²) in [5, 5.41) is 10.3. The first-order chi connectivity index (χ1) is 21.9. The fourth-order valence-electron chi connectivity index (χ4n) is 5.63. The summed E-state index contributed by atoms with van der Waals surface area (Å²) in [7, 11) is -10.2. The summed E-state index contributed by atoms with van der Waals surface area (Å²) in [4.78, 5) is 52.9. The lowest BCUT2D eigenvalue weighted by Crippen LogP contribution is -2.34. The van der Waals surface area contributed by atoms with Crippen LogP contribution in [0, 0.1) is 12.8 Å². The third-order valence-electron chi connectivity index (χ3n) is 7.71. The second kappa shape index (κ2) is 11.7. The SMILES string of the molecule is Cc1nc2c([C@@H]3O[C@@H]4COP(=O)(O)O[C@H]5[C@@H](F)[C@H](n6cnc7c(N)ncnc76)O[C@@H]5COP(=O)(O)O[C@@H]3[C@@H]4CO)snc2c(=O)[nH]1. The number of aromatic nitrogens is 7. The molecule has 6 N–H and O–H groups in total. The Morgan fingerprint density at radius 1 is 1.07 bits per heavy atom. The van der Waals surface area contributed by atoms with Crippen molar-refractivity contribution in [2.75, 3.05) is 25.6 Å². The van der Waals surface area contributed by atoms with Gasteiger partial charge in [-0.2, -0.15) is 4.37 Å². The van der Waals surface area contributed by atoms with Crippen LogP contribution in [0.4, 0.5) is 10.2 Å². The van der Waals surface area contributed by atoms with Gasteiger partial charge in [0, 0.05) is 5.92 Å². The molecule has 0 amide bonds. The highest BCUT2D eigenvalue weighted by Crippen LogP contribution is 2.56. The van der Waals surface area contributed by atoms with Gasteiger partial charge >= 0.3 is 15.6 Å². The Bertz CT molecular complexity index is 1960. The maximum atomic E-state index is 15.9. The summed E-state index contributed by atoms with van der Waals surface area (Å²) in [6.45, 7) is -0.749. The van der Waals surface area contributed by atoms with Crippen molar-refractivity contribution in [2.24, 2.45) is 5.92 Å². The second-order valence-electron chi connectivity index (χ2n) is 10.6. The van der Waals surface area contributed by atoms with Gasteiger partial charge in [0.15, 0.2) is 29.4 Å². The zero-order chi connectivity index (χ0) is 32.5. The van der Waals surface area contributed by atoms with Crippen molar-refractivity contribution >= 4 is 55.2 Å². The number of fused-ring (bicyclic) bond motifs is 5. The molecule has 2 bridgehead atoms. The molecule has 2 unspecified atom stereocenters. The van der Waals surface area contributed by atoms with Crippen molar-refractivity contribution < 1.29 is 56.0 Å². The van der Waals surface area contributed by atoms with Crippen LogP contribution in [0.15, 0.2) is 17.4 Å². The summed E-state index contributed by atoms with van der Waals surface area (Å²) in [5.41, 5.74) is 5.58. The Balaban J connectivity index is 1.22. The number of hydrogen-bond donors (Lipinski definition) is 5. The standard InChI is InChI=1S/C22H25FN8O12P2S/c1-7-28-12-13(21(33)29-7)30-46-18(12)17-15-8(2-32)9(40-17)3-38-45(36,37)43-16-10(4-39-44(34,35)42-15)41-22(11(16)23)31-6-27-14-19(24)25-5-26-20(14)31/h5-6,8-11,15-17,22,32H,2-4H2,1H3,(H,34,35)(H,36,37)(H2,24,25,26)(H,28,29,33)/t8-,9-,10-,11-,15-,16-,17-,22-/m1/s1. The van der Waals surface area contributed by atoms with Crippen molar-refractivity contribution in [2.45, 2.75) is 49.8 Å². The van der Waals surface area contributed by atoms with Crippen LogP contribution in [0.5, 0.6) is 0 Å². The molecule has 3 aliphatic heterocycles. The Labute approximate surface area is 260 Å². The van der Waals surface area contributed by atoms with Gasteiger partial charge in [-0.15, -0.1) is 0 Å². The van der Waals surface area contributed by atoms with E-state index in [1.807, 2.05) is 0 Å². The predicted octanol–water partition coefficient (Wildman–Crippen LogP) is 0.412. The monoisotopic (exact) mass is 706 g/mol. The highest BCUT2D eigenvalue weighted by Gasteiger charge is 2.54. The molecule has 7 heterocycles. The van der Waals surface area contributed by atoms with Crippen LogP contribution in [0.1, 0.15) is 23.0 Å². The van der Waals surface area contributed by atoms with E-state index in [9.17, 15) is 28.8 Å². The number of aliphatic hydroxyl groups excluding tert-OH is 1. The van der Waals surface area contributed by atoms with E-state index in [-0.39, 0.29) is 38.7 Å². The lowest BCUT2D eigenvalue weighted by atomic mass is 9.96. The largest absolute Gasteiger partial charge is 0.472 e. The number of imidazole rings is 1. The van der Waals surface area contributed by atoms with Crippen molar-refractivity contribution in [3.05, 3.63) is 33.7 Å². The number of nitrogens with two attached hydrogens (primary N) is 1. The Hall–Kier alpha value is -2.85. The zero-order valence-electron chi connectivity index (χ0n) is 23.4. The van der Waals surface area contributed by atoms with E-state index in [0.717, 1.165) is 28.8 Å². The van der Waals surface area contributed by atoms with Crippen LogP contribution in [-0.2, 0) is 36.7 Å². The summed E-state index contributed by atoms with van der Waals surface area (Å²) < 4.78 is 80.6. The number of nitrogens with zero attached hydrogens (tertiary/aromatic N) is 6. The van der Waals surface area contributed by atoms with E-state index in [1.165, 1.54) is 6.92 Å². The quantitative estimate of drug-likeness (QED) is 0.180. The minimum atomic E-state index is -5.10. The number of phosphoric ester groups is 2. The molecule has 3 aliphatic rings. The molecule has 24 heteroatoms. The highest BCUT2D eigenvalue weighted by atomic mass is 32.1. The van der Waals surface area contributed by atoms with E-state index >= 15 is 4.39 Å². The van der Waals surface area contributed by atoms with Gasteiger partial charge in [0.25, 0.3) is 5.56 Å². The molecule has 7 rings (SSSR count). The molecule has 0 saturated carbocycles. The molecule has 10 atom stereocenters. The number of alkyl halides is 1. The average Bonchev–Trinajstić information content (AvgIpc) is 3.75. The molecule has 0 radical (unpaired) electrons. The smallest absolute Gasteiger partial charge is 0.396 e. The van der Waals surface area contributed by atoms with Gasteiger partial charge in [0.05, 0.1) is 37.1 Å². The van der Waals surface area contributed by atoms with Crippen LogP contribution in [0.2, 0.25) is 0 Å². The maximum Gasteiger partial charge on any atom is 0.472 e. The Morgan fingerprint density at radius 3 is 2.52 bits per heavy atom. The molecule has 3 saturated heterocycles. The molecule has 4 aromatic rings. The van der Waals surface area contributed by atoms with E-state index in [0.29, 0.717) is 0 Å². The van der Waals surface area contributed by atoms with Gasteiger partial charge in [0.2, 0.25) is 0 Å². The number of aryl methyl sites for hydroxylation is 1. The number of nitrogen functional groups attached to an aromatic ring is 1. The van der Waals surface area contributed by atoms with Gasteiger partial charge in [-0.25, -0.2) is 33.5 Å². The van der Waals surface area contributed by atoms with Crippen LogP contribution in [-0.4, -0.2) is 99.2 Å². The van der Waals surface area contributed by atoms with Gasteiger partial charge in [0.1, 0.15) is 47.6 Å². The van der Waals surface area contributed by atoms with E-state index in [1.54, 1.807) is 0 Å². The molecule has 4 aromatic heterocycles. The summed E-state index contributed by atoms with van der Waals surface area (Å²) in [6.07, 6.45) is -8.84. The number of anilines is 1. The number of H-pyrrole nitrogens is 1. The number of rotatable bonds is 3. The minimum absolute atomic E-state index is 0.00584. The van der Waals surface area contributed by atoms with Crippen molar-refractivity contribution in [1.82, 2.24) is 33.9 Å². The number of aliphatic hydroxyl groups is 1. The maximum absolute atomic E-state index is 15.9. The summed E-state index contributed by atoms with van der Waals surface area (Å²) in [6, 6.07) is 0. The number of phosphoric acid groups is 2. The van der Waals surface area contributed by atoms with Crippen LogP contribution in [0.3, 0.4) is 0 Å². The summed E-state index contributed by atoms with van der Waals surface area (Å²) in [5.74, 6) is -0.876. The van der Waals surface area contributed by atoms with Gasteiger partial charge in [-0.3, -0.25) is 27.5 Å². The topological polar surface area (TPSA) is 278 Å². The third-order valence-corrected chi connectivity index (χ3v) is 10.6. The first kappa shape index (κ1) is 31.7. The zero-order valence-corrected chi connectivity index (χ0v) is 26.0. The molecule has 248 valence electrons. The number of nitrogens with one attached hydrogen (secondary N) is 1. The fourth-order valence-corrected chi connectivity index (χ4v) is 8.44. The molecule has 46 heavy (non-hydrogen) atoms. The number of ether oxygens (including phenoxy) is 2. The molecule has 20 nitrogen and oxygen atoms in total. The van der Waals surface area contributed by atoms with Crippen LogP contribution < -0.4 is 11.3 Å². The lowest BCUT2D eigenvalue weighted by Gasteiger charge is -2.25. The van der Waals surface area contributed by atoms with Crippen molar-refractivity contribution in [1.29, 1.82) is 0 Å². The average molecular weight is 706 g/mol. The highest BCUT2D eigenvalue weighted by molar-refractivity contribution is 7.47. The molecular weight excluding hydrogens is 681 g/mol. The van der Waals surface area contributed by atoms with Crippen molar-refractivity contribution in [3.8, 4) is 0 Å². The van der Waals surface area contributed by atoms with Gasteiger partial charge < -0.3 is 35.1 Å². The Morgan fingerprint density at radius 2 is 1.78 bits per heavy atom.